The van der Waals surface area contributed by atoms with Crippen LogP contribution in [0.2, 0.25) is 0 Å². The Balaban J connectivity index is 1.57. The molecule has 18 heavy (non-hydrogen) atoms. The van der Waals surface area contributed by atoms with Crippen molar-refractivity contribution in [2.75, 3.05) is 19.6 Å². The minimum absolute atomic E-state index is 0.113. The fourth-order valence-electron chi connectivity index (χ4n) is 2.14. The van der Waals surface area contributed by atoms with Gasteiger partial charge in [-0.25, -0.2) is 0 Å². The Kier molecular flexibility index (Phi) is 4.69. The third-order valence-electron chi connectivity index (χ3n) is 3.18. The second kappa shape index (κ2) is 6.49. The van der Waals surface area contributed by atoms with Crippen molar-refractivity contribution in [1.82, 2.24) is 20.8 Å². The molecule has 2 rings (SSSR count). The first-order chi connectivity index (χ1) is 8.74. The van der Waals surface area contributed by atoms with E-state index in [1.54, 1.807) is 6.92 Å². The van der Waals surface area contributed by atoms with E-state index in [-0.39, 0.29) is 5.91 Å². The monoisotopic (exact) mass is 252 g/mol. The highest BCUT2D eigenvalue weighted by molar-refractivity contribution is 5.75. The highest BCUT2D eigenvalue weighted by atomic mass is 16.5. The Bertz CT molecular complexity index is 385. The molecule has 0 bridgehead atoms. The van der Waals surface area contributed by atoms with E-state index in [2.05, 4.69) is 20.8 Å². The molecule has 0 saturated carbocycles. The Morgan fingerprint density at radius 1 is 1.61 bits per heavy atom. The third-order valence-corrected chi connectivity index (χ3v) is 3.18. The summed E-state index contributed by atoms with van der Waals surface area (Å²) in [5, 5.41) is 9.96. The van der Waals surface area contributed by atoms with E-state index in [0.29, 0.717) is 37.0 Å². The highest BCUT2D eigenvalue weighted by Crippen LogP contribution is 2.13. The summed E-state index contributed by atoms with van der Waals surface area (Å²) >= 11 is 0. The smallest absolute Gasteiger partial charge is 0.223 e. The molecule has 1 fully saturated rings. The lowest BCUT2D eigenvalue weighted by Crippen LogP contribution is -2.26. The summed E-state index contributed by atoms with van der Waals surface area (Å²) in [7, 11) is 0. The number of nitrogens with zero attached hydrogens (tertiary/aromatic N) is 2. The highest BCUT2D eigenvalue weighted by Gasteiger charge is 2.15. The number of carbonyl (C=O) groups is 1. The molecule has 1 aromatic heterocycles. The van der Waals surface area contributed by atoms with Crippen molar-refractivity contribution in [2.45, 2.75) is 32.6 Å². The van der Waals surface area contributed by atoms with Crippen LogP contribution in [0, 0.1) is 12.8 Å². The zero-order chi connectivity index (χ0) is 12.8. The molecule has 1 amide bonds. The first-order valence-corrected chi connectivity index (χ1v) is 6.50. The molecule has 0 spiro atoms. The minimum Gasteiger partial charge on any atom is -0.356 e. The predicted molar refractivity (Wildman–Crippen MR) is 66.0 cm³/mol. The van der Waals surface area contributed by atoms with E-state index in [9.17, 15) is 4.79 Å². The predicted octanol–water partition coefficient (Wildman–Crippen LogP) is 0.426. The number of amides is 1. The van der Waals surface area contributed by atoms with Gasteiger partial charge in [-0.1, -0.05) is 5.16 Å². The average molecular weight is 252 g/mol. The van der Waals surface area contributed by atoms with Crippen molar-refractivity contribution in [3.8, 4) is 0 Å². The van der Waals surface area contributed by atoms with E-state index < -0.39 is 0 Å². The van der Waals surface area contributed by atoms with Gasteiger partial charge >= 0.3 is 0 Å². The first-order valence-electron chi connectivity index (χ1n) is 6.50. The number of aryl methyl sites for hydroxylation is 1. The molecule has 0 aromatic carbocycles. The van der Waals surface area contributed by atoms with E-state index in [4.69, 9.17) is 4.52 Å². The summed E-state index contributed by atoms with van der Waals surface area (Å²) in [5.74, 6) is 1.98. The number of hydrogen-bond donors (Lipinski definition) is 2. The topological polar surface area (TPSA) is 80.0 Å². The molecule has 0 aliphatic carbocycles. The van der Waals surface area contributed by atoms with Crippen molar-refractivity contribution < 1.29 is 9.32 Å². The lowest BCUT2D eigenvalue weighted by atomic mass is 10.0. The molecule has 1 aromatic rings. The first kappa shape index (κ1) is 13.0. The molecule has 2 N–H and O–H groups in total. The number of aromatic nitrogens is 2. The van der Waals surface area contributed by atoms with Crippen LogP contribution in [-0.2, 0) is 11.2 Å². The van der Waals surface area contributed by atoms with E-state index in [1.165, 1.54) is 6.42 Å². The maximum atomic E-state index is 11.6. The number of hydrogen-bond acceptors (Lipinski definition) is 5. The van der Waals surface area contributed by atoms with Crippen LogP contribution in [0.3, 0.4) is 0 Å². The van der Waals surface area contributed by atoms with Gasteiger partial charge in [0.15, 0.2) is 5.82 Å². The molecule has 2 heterocycles. The van der Waals surface area contributed by atoms with Crippen LogP contribution >= 0.6 is 0 Å². The maximum Gasteiger partial charge on any atom is 0.223 e. The Hall–Kier alpha value is -1.43. The van der Waals surface area contributed by atoms with Gasteiger partial charge in [-0.05, 0) is 31.8 Å². The molecule has 1 aliphatic heterocycles. The summed E-state index contributed by atoms with van der Waals surface area (Å²) in [4.78, 5) is 15.7. The molecule has 0 radical (unpaired) electrons. The van der Waals surface area contributed by atoms with Gasteiger partial charge in [-0.2, -0.15) is 4.98 Å². The quantitative estimate of drug-likeness (QED) is 0.767. The van der Waals surface area contributed by atoms with Gasteiger partial charge in [0, 0.05) is 26.3 Å². The van der Waals surface area contributed by atoms with Crippen LogP contribution in [0.15, 0.2) is 4.52 Å². The molecular weight excluding hydrogens is 232 g/mol. The van der Waals surface area contributed by atoms with Crippen LogP contribution in [0.5, 0.6) is 0 Å². The molecule has 6 heteroatoms. The maximum absolute atomic E-state index is 11.6. The van der Waals surface area contributed by atoms with Crippen molar-refractivity contribution in [3.63, 3.8) is 0 Å². The van der Waals surface area contributed by atoms with E-state index >= 15 is 0 Å². The second-order valence-electron chi connectivity index (χ2n) is 4.73. The minimum atomic E-state index is 0.113. The number of rotatable bonds is 6. The van der Waals surface area contributed by atoms with Gasteiger partial charge in [-0.3, -0.25) is 4.79 Å². The largest absolute Gasteiger partial charge is 0.356 e. The SMILES string of the molecule is Cc1nc(CCNC(=O)CCC2CCNC2)no1. The Morgan fingerprint density at radius 3 is 3.17 bits per heavy atom. The molecule has 1 saturated heterocycles. The second-order valence-corrected chi connectivity index (χ2v) is 4.73. The van der Waals surface area contributed by atoms with Crippen LogP contribution in [0.1, 0.15) is 31.0 Å². The van der Waals surface area contributed by atoms with E-state index in [0.717, 1.165) is 19.5 Å². The van der Waals surface area contributed by atoms with Gasteiger partial charge in [0.2, 0.25) is 11.8 Å². The van der Waals surface area contributed by atoms with Crippen molar-refractivity contribution in [3.05, 3.63) is 11.7 Å². The normalized spacial score (nSPS) is 19.1. The van der Waals surface area contributed by atoms with Crippen molar-refractivity contribution in [1.29, 1.82) is 0 Å². The van der Waals surface area contributed by atoms with Crippen LogP contribution in [0.4, 0.5) is 0 Å². The molecule has 1 unspecified atom stereocenters. The molecular formula is C12H20N4O2. The molecule has 1 atom stereocenters. The number of nitrogens with one attached hydrogen (secondary N) is 2. The van der Waals surface area contributed by atoms with Gasteiger partial charge in [0.25, 0.3) is 0 Å². The molecule has 1 aliphatic rings. The van der Waals surface area contributed by atoms with Gasteiger partial charge in [0.05, 0.1) is 0 Å². The van der Waals surface area contributed by atoms with E-state index in [1.807, 2.05) is 0 Å². The lowest BCUT2D eigenvalue weighted by molar-refractivity contribution is -0.121. The third kappa shape index (κ3) is 4.10. The number of carbonyl (C=O) groups excluding carboxylic acids is 1. The van der Waals surface area contributed by atoms with Crippen molar-refractivity contribution >= 4 is 5.91 Å². The van der Waals surface area contributed by atoms with Gasteiger partial charge in [-0.15, -0.1) is 0 Å². The van der Waals surface area contributed by atoms with Gasteiger partial charge in [0.1, 0.15) is 0 Å². The summed E-state index contributed by atoms with van der Waals surface area (Å²) in [6.45, 7) is 4.46. The summed E-state index contributed by atoms with van der Waals surface area (Å²) in [6, 6.07) is 0. The average Bonchev–Trinajstić information content (AvgIpc) is 2.98. The summed E-state index contributed by atoms with van der Waals surface area (Å²) < 4.78 is 4.86. The van der Waals surface area contributed by atoms with Crippen LogP contribution in [-0.4, -0.2) is 35.7 Å². The van der Waals surface area contributed by atoms with Crippen LogP contribution in [0.25, 0.3) is 0 Å². The van der Waals surface area contributed by atoms with Crippen molar-refractivity contribution in [2.24, 2.45) is 5.92 Å². The lowest BCUT2D eigenvalue weighted by Gasteiger charge is -2.07. The Labute approximate surface area is 107 Å². The fraction of sp³-hybridized carbons (Fsp3) is 0.750. The Morgan fingerprint density at radius 2 is 2.50 bits per heavy atom. The summed E-state index contributed by atoms with van der Waals surface area (Å²) in [5.41, 5.74) is 0. The standard InChI is InChI=1S/C12H20N4O2/c1-9-15-11(16-18-9)5-7-14-12(17)3-2-10-4-6-13-8-10/h10,13H,2-8H2,1H3,(H,14,17). The molecule has 6 nitrogen and oxygen atoms in total. The fourth-order valence-corrected chi connectivity index (χ4v) is 2.14. The zero-order valence-corrected chi connectivity index (χ0v) is 10.7. The summed E-state index contributed by atoms with van der Waals surface area (Å²) in [6.07, 6.45) is 3.39. The van der Waals surface area contributed by atoms with Crippen LogP contribution < -0.4 is 10.6 Å². The molecule has 100 valence electrons. The zero-order valence-electron chi connectivity index (χ0n) is 10.7. The van der Waals surface area contributed by atoms with Gasteiger partial charge < -0.3 is 15.2 Å².